The minimum atomic E-state index is -0.0228. The van der Waals surface area contributed by atoms with Crippen molar-refractivity contribution in [3.05, 3.63) is 24.3 Å². The Morgan fingerprint density at radius 2 is 2.40 bits per heavy atom. The fourth-order valence-electron chi connectivity index (χ4n) is 2.28. The quantitative estimate of drug-likeness (QED) is 0.804. The number of nitrogen functional groups attached to an aromatic ring is 1. The maximum atomic E-state index is 12.1. The minimum Gasteiger partial charge on any atom is -0.484 e. The number of amides is 1. The Morgan fingerprint density at radius 3 is 3.05 bits per heavy atom. The van der Waals surface area contributed by atoms with E-state index in [1.54, 1.807) is 29.2 Å². The molecule has 1 aliphatic heterocycles. The smallest absolute Gasteiger partial charge is 0.260 e. The highest BCUT2D eigenvalue weighted by Crippen LogP contribution is 2.15. The molecular formula is C15H22N2O3. The van der Waals surface area contributed by atoms with Crippen LogP contribution >= 0.6 is 0 Å². The topological polar surface area (TPSA) is 64.8 Å². The summed E-state index contributed by atoms with van der Waals surface area (Å²) >= 11 is 0. The third-order valence-electron chi connectivity index (χ3n) is 3.40. The second-order valence-corrected chi connectivity index (χ2v) is 4.93. The average molecular weight is 278 g/mol. The zero-order chi connectivity index (χ0) is 14.4. The number of nitrogens with zero attached hydrogens (tertiary/aromatic N) is 1. The summed E-state index contributed by atoms with van der Waals surface area (Å²) in [5, 5.41) is 0. The van der Waals surface area contributed by atoms with Crippen molar-refractivity contribution in [3.63, 3.8) is 0 Å². The minimum absolute atomic E-state index is 0.0228. The van der Waals surface area contributed by atoms with Gasteiger partial charge in [-0.15, -0.1) is 0 Å². The summed E-state index contributed by atoms with van der Waals surface area (Å²) in [6.45, 7) is 4.11. The monoisotopic (exact) mass is 278 g/mol. The molecule has 5 nitrogen and oxygen atoms in total. The normalized spacial score (nSPS) is 17.9. The fourth-order valence-corrected chi connectivity index (χ4v) is 2.28. The Hall–Kier alpha value is -1.75. The van der Waals surface area contributed by atoms with Crippen LogP contribution in [0.3, 0.4) is 0 Å². The predicted molar refractivity (Wildman–Crippen MR) is 77.6 cm³/mol. The first-order chi connectivity index (χ1) is 9.69. The van der Waals surface area contributed by atoms with Gasteiger partial charge in [-0.05, 0) is 31.9 Å². The van der Waals surface area contributed by atoms with E-state index in [1.807, 2.05) is 6.92 Å². The van der Waals surface area contributed by atoms with Gasteiger partial charge >= 0.3 is 0 Å². The van der Waals surface area contributed by atoms with Gasteiger partial charge in [-0.25, -0.2) is 0 Å². The van der Waals surface area contributed by atoms with Crippen molar-refractivity contribution in [3.8, 4) is 5.75 Å². The van der Waals surface area contributed by atoms with Crippen LogP contribution in [0, 0.1) is 0 Å². The molecule has 20 heavy (non-hydrogen) atoms. The molecule has 2 rings (SSSR count). The van der Waals surface area contributed by atoms with E-state index >= 15 is 0 Å². The number of rotatable bonds is 6. The fraction of sp³-hybridized carbons (Fsp3) is 0.533. The van der Waals surface area contributed by atoms with E-state index < -0.39 is 0 Å². The number of hydrogen-bond donors (Lipinski definition) is 1. The van der Waals surface area contributed by atoms with Gasteiger partial charge < -0.3 is 20.1 Å². The van der Waals surface area contributed by atoms with Crippen LogP contribution in [0.5, 0.6) is 5.75 Å². The number of hydrogen-bond acceptors (Lipinski definition) is 4. The van der Waals surface area contributed by atoms with Gasteiger partial charge in [-0.2, -0.15) is 0 Å². The highest BCUT2D eigenvalue weighted by Gasteiger charge is 2.21. The third-order valence-corrected chi connectivity index (χ3v) is 3.40. The molecule has 0 spiro atoms. The molecule has 1 aliphatic rings. The average Bonchev–Trinajstić information content (AvgIpc) is 2.95. The summed E-state index contributed by atoms with van der Waals surface area (Å²) in [4.78, 5) is 13.9. The molecule has 1 saturated heterocycles. The van der Waals surface area contributed by atoms with Gasteiger partial charge in [0.2, 0.25) is 0 Å². The molecular weight excluding hydrogens is 256 g/mol. The van der Waals surface area contributed by atoms with Crippen molar-refractivity contribution in [2.45, 2.75) is 25.9 Å². The van der Waals surface area contributed by atoms with Gasteiger partial charge in [0.1, 0.15) is 5.75 Å². The molecule has 1 aromatic rings. The largest absolute Gasteiger partial charge is 0.484 e. The number of likely N-dealkylation sites (N-methyl/N-ethyl adjacent to an activating group) is 1. The molecule has 0 saturated carbocycles. The summed E-state index contributed by atoms with van der Waals surface area (Å²) in [6.07, 6.45) is 2.28. The lowest BCUT2D eigenvalue weighted by atomic mass is 10.2. The molecule has 0 radical (unpaired) electrons. The van der Waals surface area contributed by atoms with E-state index in [0.29, 0.717) is 24.5 Å². The van der Waals surface area contributed by atoms with Crippen LogP contribution in [0.1, 0.15) is 19.8 Å². The number of anilines is 1. The summed E-state index contributed by atoms with van der Waals surface area (Å²) in [5.74, 6) is 0.594. The maximum absolute atomic E-state index is 12.1. The first-order valence-corrected chi connectivity index (χ1v) is 7.06. The first-order valence-electron chi connectivity index (χ1n) is 7.06. The van der Waals surface area contributed by atoms with Crippen LogP contribution < -0.4 is 10.5 Å². The summed E-state index contributed by atoms with van der Waals surface area (Å²) < 4.78 is 11.0. The second-order valence-electron chi connectivity index (χ2n) is 4.93. The maximum Gasteiger partial charge on any atom is 0.260 e. The van der Waals surface area contributed by atoms with Crippen LogP contribution in [-0.2, 0) is 9.53 Å². The van der Waals surface area contributed by atoms with Crippen LogP contribution in [0.25, 0.3) is 0 Å². The van der Waals surface area contributed by atoms with Crippen molar-refractivity contribution in [1.29, 1.82) is 0 Å². The van der Waals surface area contributed by atoms with E-state index in [4.69, 9.17) is 15.2 Å². The van der Waals surface area contributed by atoms with Crippen LogP contribution in [0.2, 0.25) is 0 Å². The van der Waals surface area contributed by atoms with Crippen LogP contribution in [-0.4, -0.2) is 43.2 Å². The van der Waals surface area contributed by atoms with Crippen molar-refractivity contribution < 1.29 is 14.3 Å². The number of carbonyl (C=O) groups excluding carboxylic acids is 1. The van der Waals surface area contributed by atoms with E-state index in [0.717, 1.165) is 19.4 Å². The molecule has 1 unspecified atom stereocenters. The van der Waals surface area contributed by atoms with E-state index in [1.165, 1.54) is 0 Å². The molecule has 0 aromatic heterocycles. The SMILES string of the molecule is CCN(CC1CCCO1)C(=O)COc1cccc(N)c1. The van der Waals surface area contributed by atoms with E-state index in [9.17, 15) is 4.79 Å². The molecule has 110 valence electrons. The third kappa shape index (κ3) is 4.13. The van der Waals surface area contributed by atoms with Gasteiger partial charge in [0, 0.05) is 31.5 Å². The Bertz CT molecular complexity index is 444. The molecule has 1 fully saturated rings. The lowest BCUT2D eigenvalue weighted by molar-refractivity contribution is -0.134. The van der Waals surface area contributed by atoms with Crippen molar-refractivity contribution >= 4 is 11.6 Å². The standard InChI is InChI=1S/C15H22N2O3/c1-2-17(10-14-7-4-8-19-14)15(18)11-20-13-6-3-5-12(16)9-13/h3,5-6,9,14H,2,4,7-8,10-11,16H2,1H3. The van der Waals surface area contributed by atoms with Crippen molar-refractivity contribution in [2.75, 3.05) is 32.0 Å². The summed E-state index contributed by atoms with van der Waals surface area (Å²) in [7, 11) is 0. The molecule has 0 bridgehead atoms. The molecule has 1 heterocycles. The first kappa shape index (κ1) is 14.7. The van der Waals surface area contributed by atoms with Crippen LogP contribution in [0.15, 0.2) is 24.3 Å². The zero-order valence-electron chi connectivity index (χ0n) is 11.9. The number of carbonyl (C=O) groups is 1. The number of ether oxygens (including phenoxy) is 2. The number of nitrogens with two attached hydrogens (primary N) is 1. The molecule has 1 amide bonds. The molecule has 1 atom stereocenters. The highest BCUT2D eigenvalue weighted by atomic mass is 16.5. The van der Waals surface area contributed by atoms with Crippen LogP contribution in [0.4, 0.5) is 5.69 Å². The number of benzene rings is 1. The highest BCUT2D eigenvalue weighted by molar-refractivity contribution is 5.77. The lowest BCUT2D eigenvalue weighted by Gasteiger charge is -2.24. The summed E-state index contributed by atoms with van der Waals surface area (Å²) in [5.41, 5.74) is 6.29. The van der Waals surface area contributed by atoms with E-state index in [-0.39, 0.29) is 18.6 Å². The van der Waals surface area contributed by atoms with Gasteiger partial charge in [0.15, 0.2) is 6.61 Å². The van der Waals surface area contributed by atoms with Gasteiger partial charge in [0.05, 0.1) is 6.10 Å². The molecule has 0 aliphatic carbocycles. The Labute approximate surface area is 119 Å². The van der Waals surface area contributed by atoms with Gasteiger partial charge in [-0.3, -0.25) is 4.79 Å². The lowest BCUT2D eigenvalue weighted by Crippen LogP contribution is -2.39. The molecule has 2 N–H and O–H groups in total. The Kier molecular flexibility index (Phi) is 5.24. The summed E-state index contributed by atoms with van der Waals surface area (Å²) in [6, 6.07) is 7.09. The Balaban J connectivity index is 1.82. The van der Waals surface area contributed by atoms with Crippen molar-refractivity contribution in [1.82, 2.24) is 4.90 Å². The Morgan fingerprint density at radius 1 is 1.55 bits per heavy atom. The van der Waals surface area contributed by atoms with Crippen molar-refractivity contribution in [2.24, 2.45) is 0 Å². The second kappa shape index (κ2) is 7.14. The molecule has 5 heteroatoms. The van der Waals surface area contributed by atoms with E-state index in [2.05, 4.69) is 0 Å². The van der Waals surface area contributed by atoms with Gasteiger partial charge in [0.25, 0.3) is 5.91 Å². The molecule has 1 aromatic carbocycles. The predicted octanol–water partition coefficient (Wildman–Crippen LogP) is 1.68. The zero-order valence-corrected chi connectivity index (χ0v) is 11.9. The van der Waals surface area contributed by atoms with Gasteiger partial charge in [-0.1, -0.05) is 6.07 Å².